The average molecular weight is 210 g/mol. The highest BCUT2D eigenvalue weighted by molar-refractivity contribution is 5.26. The summed E-state index contributed by atoms with van der Waals surface area (Å²) in [6.45, 7) is 10.7. The predicted molar refractivity (Wildman–Crippen MR) is 60.6 cm³/mol. The maximum atomic E-state index is 5.67. The van der Waals surface area contributed by atoms with Crippen LogP contribution >= 0.6 is 0 Å². The third-order valence-corrected chi connectivity index (χ3v) is 4.20. The van der Waals surface area contributed by atoms with Crippen molar-refractivity contribution >= 4 is 0 Å². The van der Waals surface area contributed by atoms with E-state index in [1.54, 1.807) is 0 Å². The van der Waals surface area contributed by atoms with Crippen LogP contribution in [0.2, 0.25) is 0 Å². The average Bonchev–Trinajstić information content (AvgIpc) is 2.65. The van der Waals surface area contributed by atoms with Crippen molar-refractivity contribution in [2.75, 3.05) is 13.2 Å². The van der Waals surface area contributed by atoms with E-state index < -0.39 is 0 Å². The molecule has 1 saturated heterocycles. The van der Waals surface area contributed by atoms with E-state index in [0.29, 0.717) is 5.92 Å². The molecule has 0 amide bonds. The Labute approximate surface area is 92.6 Å². The minimum absolute atomic E-state index is 0.0669. The fourth-order valence-electron chi connectivity index (χ4n) is 2.77. The molecule has 15 heavy (non-hydrogen) atoms. The van der Waals surface area contributed by atoms with Gasteiger partial charge in [-0.15, -0.1) is 0 Å². The maximum absolute atomic E-state index is 5.67. The van der Waals surface area contributed by atoms with Crippen molar-refractivity contribution in [1.29, 1.82) is 0 Å². The molecule has 0 spiro atoms. The molecule has 2 aliphatic rings. The highest BCUT2D eigenvalue weighted by Gasteiger charge is 2.40. The molecule has 1 heterocycles. The second-order valence-corrected chi connectivity index (χ2v) is 5.43. The third kappa shape index (κ3) is 1.85. The summed E-state index contributed by atoms with van der Waals surface area (Å²) < 4.78 is 11.3. The number of hydrogen-bond acceptors (Lipinski definition) is 2. The standard InChI is InChI=1S/C13H22O2/c1-9-5-6-10(2)13(3,4)11(9)12-14-7-8-15-12/h10,12H,5-8H2,1-4H3. The Bertz CT molecular complexity index is 272. The molecule has 0 bridgehead atoms. The highest BCUT2D eigenvalue weighted by Crippen LogP contribution is 2.46. The lowest BCUT2D eigenvalue weighted by atomic mass is 9.66. The summed E-state index contributed by atoms with van der Waals surface area (Å²) in [5.74, 6) is 0.712. The minimum atomic E-state index is -0.0669. The number of allylic oxidation sites excluding steroid dienone is 1. The Morgan fingerprint density at radius 1 is 1.20 bits per heavy atom. The zero-order chi connectivity index (χ0) is 11.1. The van der Waals surface area contributed by atoms with Gasteiger partial charge in [0.15, 0.2) is 6.29 Å². The van der Waals surface area contributed by atoms with Crippen LogP contribution in [0, 0.1) is 11.3 Å². The van der Waals surface area contributed by atoms with E-state index in [4.69, 9.17) is 9.47 Å². The van der Waals surface area contributed by atoms with E-state index in [0.717, 1.165) is 13.2 Å². The van der Waals surface area contributed by atoms with Gasteiger partial charge in [-0.2, -0.15) is 0 Å². The minimum Gasteiger partial charge on any atom is -0.346 e. The summed E-state index contributed by atoms with van der Waals surface area (Å²) in [5, 5.41) is 0. The molecule has 1 aliphatic carbocycles. The summed E-state index contributed by atoms with van der Waals surface area (Å²) in [6.07, 6.45) is 2.42. The molecule has 1 fully saturated rings. The predicted octanol–water partition coefficient (Wildman–Crippen LogP) is 3.13. The fraction of sp³-hybridized carbons (Fsp3) is 0.846. The van der Waals surface area contributed by atoms with Crippen LogP contribution in [0.5, 0.6) is 0 Å². The van der Waals surface area contributed by atoms with Crippen LogP contribution in [-0.4, -0.2) is 19.5 Å². The molecule has 86 valence electrons. The van der Waals surface area contributed by atoms with Gasteiger partial charge in [-0.3, -0.25) is 0 Å². The summed E-state index contributed by atoms with van der Waals surface area (Å²) in [6, 6.07) is 0. The van der Waals surface area contributed by atoms with Crippen molar-refractivity contribution in [2.24, 2.45) is 11.3 Å². The van der Waals surface area contributed by atoms with E-state index in [9.17, 15) is 0 Å². The van der Waals surface area contributed by atoms with Gasteiger partial charge in [-0.25, -0.2) is 0 Å². The fourth-order valence-corrected chi connectivity index (χ4v) is 2.77. The smallest absolute Gasteiger partial charge is 0.180 e. The third-order valence-electron chi connectivity index (χ3n) is 4.20. The number of hydrogen-bond donors (Lipinski definition) is 0. The van der Waals surface area contributed by atoms with E-state index in [1.807, 2.05) is 0 Å². The second-order valence-electron chi connectivity index (χ2n) is 5.43. The first-order valence-corrected chi connectivity index (χ1v) is 5.97. The zero-order valence-corrected chi connectivity index (χ0v) is 10.3. The molecule has 0 aromatic rings. The van der Waals surface area contributed by atoms with Gasteiger partial charge in [0.25, 0.3) is 0 Å². The largest absolute Gasteiger partial charge is 0.346 e. The van der Waals surface area contributed by atoms with Crippen LogP contribution in [-0.2, 0) is 9.47 Å². The van der Waals surface area contributed by atoms with Gasteiger partial charge in [0.05, 0.1) is 13.2 Å². The van der Waals surface area contributed by atoms with E-state index in [2.05, 4.69) is 27.7 Å². The molecule has 2 heteroatoms. The molecule has 1 atom stereocenters. The SMILES string of the molecule is CC1=C(C2OCCO2)C(C)(C)C(C)CC1. The lowest BCUT2D eigenvalue weighted by Crippen LogP contribution is -2.35. The van der Waals surface area contributed by atoms with Gasteiger partial charge in [0.1, 0.15) is 0 Å². The molecule has 2 rings (SSSR count). The first-order chi connectivity index (χ1) is 7.03. The monoisotopic (exact) mass is 210 g/mol. The van der Waals surface area contributed by atoms with Crippen molar-refractivity contribution in [2.45, 2.75) is 46.8 Å². The van der Waals surface area contributed by atoms with E-state index >= 15 is 0 Å². The Morgan fingerprint density at radius 3 is 2.40 bits per heavy atom. The highest BCUT2D eigenvalue weighted by atomic mass is 16.7. The molecule has 0 saturated carbocycles. The molecular weight excluding hydrogens is 188 g/mol. The molecule has 1 aliphatic heterocycles. The molecule has 0 radical (unpaired) electrons. The Balaban J connectivity index is 2.31. The molecular formula is C13H22O2. The van der Waals surface area contributed by atoms with Crippen molar-refractivity contribution in [3.05, 3.63) is 11.1 Å². The normalized spacial score (nSPS) is 32.4. The van der Waals surface area contributed by atoms with Crippen molar-refractivity contribution in [3.8, 4) is 0 Å². The lowest BCUT2D eigenvalue weighted by molar-refractivity contribution is -0.0329. The van der Waals surface area contributed by atoms with Crippen molar-refractivity contribution in [3.63, 3.8) is 0 Å². The van der Waals surface area contributed by atoms with Crippen molar-refractivity contribution < 1.29 is 9.47 Å². The first-order valence-electron chi connectivity index (χ1n) is 5.97. The van der Waals surface area contributed by atoms with E-state index in [1.165, 1.54) is 24.0 Å². The molecule has 2 nitrogen and oxygen atoms in total. The summed E-state index contributed by atoms with van der Waals surface area (Å²) in [4.78, 5) is 0. The molecule has 0 aromatic heterocycles. The molecule has 0 N–H and O–H groups in total. The Hall–Kier alpha value is -0.340. The lowest BCUT2D eigenvalue weighted by Gasteiger charge is -2.41. The second kappa shape index (κ2) is 3.91. The maximum Gasteiger partial charge on any atom is 0.180 e. The van der Waals surface area contributed by atoms with Gasteiger partial charge in [0.2, 0.25) is 0 Å². The molecule has 0 aromatic carbocycles. The quantitative estimate of drug-likeness (QED) is 0.619. The van der Waals surface area contributed by atoms with Gasteiger partial charge in [0, 0.05) is 0 Å². The van der Waals surface area contributed by atoms with Crippen LogP contribution in [0.25, 0.3) is 0 Å². The first kappa shape index (κ1) is 11.2. The molecule has 1 unspecified atom stereocenters. The summed E-state index contributed by atoms with van der Waals surface area (Å²) >= 11 is 0. The van der Waals surface area contributed by atoms with Gasteiger partial charge < -0.3 is 9.47 Å². The number of rotatable bonds is 1. The Morgan fingerprint density at radius 2 is 1.80 bits per heavy atom. The van der Waals surface area contributed by atoms with Crippen LogP contribution in [0.3, 0.4) is 0 Å². The van der Waals surface area contributed by atoms with Gasteiger partial charge in [-0.1, -0.05) is 26.3 Å². The zero-order valence-electron chi connectivity index (χ0n) is 10.3. The summed E-state index contributed by atoms with van der Waals surface area (Å²) in [7, 11) is 0. The van der Waals surface area contributed by atoms with Crippen LogP contribution in [0.4, 0.5) is 0 Å². The van der Waals surface area contributed by atoms with Crippen LogP contribution < -0.4 is 0 Å². The topological polar surface area (TPSA) is 18.5 Å². The van der Waals surface area contributed by atoms with Crippen molar-refractivity contribution in [1.82, 2.24) is 0 Å². The number of ether oxygens (including phenoxy) is 2. The van der Waals surface area contributed by atoms with E-state index in [-0.39, 0.29) is 11.7 Å². The van der Waals surface area contributed by atoms with Gasteiger partial charge >= 0.3 is 0 Å². The summed E-state index contributed by atoms with van der Waals surface area (Å²) in [5.41, 5.74) is 3.10. The van der Waals surface area contributed by atoms with Gasteiger partial charge in [-0.05, 0) is 36.7 Å². The van der Waals surface area contributed by atoms with Crippen LogP contribution in [0.15, 0.2) is 11.1 Å². The van der Waals surface area contributed by atoms with Crippen LogP contribution in [0.1, 0.15) is 40.5 Å². The Kier molecular flexibility index (Phi) is 2.91.